The van der Waals surface area contributed by atoms with E-state index in [0.717, 1.165) is 33.2 Å². The second kappa shape index (κ2) is 7.36. The average Bonchev–Trinajstić information content (AvgIpc) is 3.05. The van der Waals surface area contributed by atoms with Gasteiger partial charge in [0.25, 0.3) is 0 Å². The van der Waals surface area contributed by atoms with E-state index >= 15 is 0 Å². The molecular formula is C19H18N2O3S. The number of ether oxygens (including phenoxy) is 2. The molecule has 1 amide bonds. The first-order valence-corrected chi connectivity index (χ1v) is 8.49. The molecule has 0 bridgehead atoms. The SMILES string of the molecule is COc1ccc(-c2nc(NC(C)=O)sc2-c2ccc(OC)cc2)cc1. The van der Waals surface area contributed by atoms with Crippen LogP contribution in [0.5, 0.6) is 11.5 Å². The summed E-state index contributed by atoms with van der Waals surface area (Å²) in [5, 5.41) is 3.34. The van der Waals surface area contributed by atoms with Crippen molar-refractivity contribution < 1.29 is 14.3 Å². The van der Waals surface area contributed by atoms with Crippen LogP contribution in [0.4, 0.5) is 5.13 Å². The molecular weight excluding hydrogens is 336 g/mol. The molecule has 2 aromatic carbocycles. The number of benzene rings is 2. The Labute approximate surface area is 150 Å². The summed E-state index contributed by atoms with van der Waals surface area (Å²) in [7, 11) is 3.27. The Morgan fingerprint density at radius 2 is 1.44 bits per heavy atom. The molecule has 0 atom stereocenters. The zero-order valence-electron chi connectivity index (χ0n) is 14.2. The molecule has 6 heteroatoms. The van der Waals surface area contributed by atoms with Crippen molar-refractivity contribution in [2.24, 2.45) is 0 Å². The molecule has 1 heterocycles. The van der Waals surface area contributed by atoms with E-state index in [1.165, 1.54) is 18.3 Å². The summed E-state index contributed by atoms with van der Waals surface area (Å²) in [6, 6.07) is 15.5. The van der Waals surface area contributed by atoms with E-state index in [-0.39, 0.29) is 5.91 Å². The van der Waals surface area contributed by atoms with Crippen LogP contribution in [0, 0.1) is 0 Å². The van der Waals surface area contributed by atoms with E-state index in [1.807, 2.05) is 48.5 Å². The molecule has 0 aliphatic carbocycles. The molecule has 25 heavy (non-hydrogen) atoms. The normalized spacial score (nSPS) is 10.4. The zero-order chi connectivity index (χ0) is 17.8. The van der Waals surface area contributed by atoms with Crippen molar-refractivity contribution in [2.75, 3.05) is 19.5 Å². The van der Waals surface area contributed by atoms with Crippen LogP contribution in [-0.2, 0) is 4.79 Å². The molecule has 1 N–H and O–H groups in total. The number of hydrogen-bond acceptors (Lipinski definition) is 5. The fraction of sp³-hybridized carbons (Fsp3) is 0.158. The first-order chi connectivity index (χ1) is 12.1. The minimum Gasteiger partial charge on any atom is -0.497 e. The number of nitrogens with zero attached hydrogens (tertiary/aromatic N) is 1. The number of nitrogens with one attached hydrogen (secondary N) is 1. The molecule has 0 aliphatic rings. The maximum Gasteiger partial charge on any atom is 0.223 e. The molecule has 3 rings (SSSR count). The van der Waals surface area contributed by atoms with Gasteiger partial charge in [-0.05, 0) is 54.1 Å². The van der Waals surface area contributed by atoms with Crippen molar-refractivity contribution in [1.29, 1.82) is 0 Å². The summed E-state index contributed by atoms with van der Waals surface area (Å²) in [6.45, 7) is 1.47. The Bertz CT molecular complexity index is 806. The molecule has 128 valence electrons. The van der Waals surface area contributed by atoms with E-state index in [1.54, 1.807) is 14.2 Å². The highest BCUT2D eigenvalue weighted by molar-refractivity contribution is 7.19. The summed E-state index contributed by atoms with van der Waals surface area (Å²) in [6.07, 6.45) is 0. The van der Waals surface area contributed by atoms with Crippen LogP contribution in [0.15, 0.2) is 48.5 Å². The van der Waals surface area contributed by atoms with Gasteiger partial charge in [-0.1, -0.05) is 11.3 Å². The van der Waals surface area contributed by atoms with Gasteiger partial charge in [-0.3, -0.25) is 4.79 Å². The summed E-state index contributed by atoms with van der Waals surface area (Å²) < 4.78 is 10.4. The van der Waals surface area contributed by atoms with Crippen molar-refractivity contribution in [1.82, 2.24) is 4.98 Å². The van der Waals surface area contributed by atoms with E-state index < -0.39 is 0 Å². The van der Waals surface area contributed by atoms with Crippen molar-refractivity contribution in [3.63, 3.8) is 0 Å². The highest BCUT2D eigenvalue weighted by atomic mass is 32.1. The number of carbonyl (C=O) groups excluding carboxylic acids is 1. The largest absolute Gasteiger partial charge is 0.497 e. The Hall–Kier alpha value is -2.86. The van der Waals surface area contributed by atoms with Crippen molar-refractivity contribution >= 4 is 22.4 Å². The lowest BCUT2D eigenvalue weighted by molar-refractivity contribution is -0.114. The quantitative estimate of drug-likeness (QED) is 0.735. The molecule has 0 spiro atoms. The molecule has 0 unspecified atom stereocenters. The predicted molar refractivity (Wildman–Crippen MR) is 100 cm³/mol. The van der Waals surface area contributed by atoms with Gasteiger partial charge in [-0.25, -0.2) is 4.98 Å². The molecule has 5 nitrogen and oxygen atoms in total. The third-order valence-electron chi connectivity index (χ3n) is 3.63. The number of thiazole rings is 1. The summed E-state index contributed by atoms with van der Waals surface area (Å²) in [5.41, 5.74) is 2.79. The minimum absolute atomic E-state index is 0.142. The van der Waals surface area contributed by atoms with Gasteiger partial charge >= 0.3 is 0 Å². The Morgan fingerprint density at radius 1 is 0.920 bits per heavy atom. The van der Waals surface area contributed by atoms with Gasteiger partial charge in [0.05, 0.1) is 24.8 Å². The van der Waals surface area contributed by atoms with Gasteiger partial charge in [0.1, 0.15) is 11.5 Å². The van der Waals surface area contributed by atoms with Crippen LogP contribution in [0.2, 0.25) is 0 Å². The van der Waals surface area contributed by atoms with Gasteiger partial charge in [0.2, 0.25) is 5.91 Å². The van der Waals surface area contributed by atoms with Gasteiger partial charge in [-0.2, -0.15) is 0 Å². The lowest BCUT2D eigenvalue weighted by Crippen LogP contribution is -2.04. The first kappa shape index (κ1) is 17.0. The van der Waals surface area contributed by atoms with Gasteiger partial charge in [-0.15, -0.1) is 0 Å². The topological polar surface area (TPSA) is 60.5 Å². The molecule has 0 saturated carbocycles. The van der Waals surface area contributed by atoms with Crippen LogP contribution < -0.4 is 14.8 Å². The molecule has 0 aliphatic heterocycles. The van der Waals surface area contributed by atoms with Crippen LogP contribution in [0.1, 0.15) is 6.92 Å². The summed E-state index contributed by atoms with van der Waals surface area (Å²) in [5.74, 6) is 1.43. The lowest BCUT2D eigenvalue weighted by atomic mass is 10.1. The van der Waals surface area contributed by atoms with Gasteiger partial charge in [0, 0.05) is 12.5 Å². The van der Waals surface area contributed by atoms with Crippen molar-refractivity contribution in [3.05, 3.63) is 48.5 Å². The zero-order valence-corrected chi connectivity index (χ0v) is 15.0. The van der Waals surface area contributed by atoms with Crippen molar-refractivity contribution in [3.8, 4) is 33.2 Å². The Balaban J connectivity index is 2.07. The van der Waals surface area contributed by atoms with Crippen LogP contribution in [-0.4, -0.2) is 25.1 Å². The second-order valence-corrected chi connectivity index (χ2v) is 6.33. The minimum atomic E-state index is -0.142. The number of rotatable bonds is 5. The monoisotopic (exact) mass is 354 g/mol. The maximum absolute atomic E-state index is 11.4. The number of aromatic nitrogens is 1. The first-order valence-electron chi connectivity index (χ1n) is 7.68. The van der Waals surface area contributed by atoms with E-state index in [2.05, 4.69) is 10.3 Å². The highest BCUT2D eigenvalue weighted by Crippen LogP contribution is 2.39. The van der Waals surface area contributed by atoms with Gasteiger partial charge in [0.15, 0.2) is 5.13 Å². The average molecular weight is 354 g/mol. The van der Waals surface area contributed by atoms with Gasteiger partial charge < -0.3 is 14.8 Å². The highest BCUT2D eigenvalue weighted by Gasteiger charge is 2.16. The third-order valence-corrected chi connectivity index (χ3v) is 4.65. The second-order valence-electron chi connectivity index (χ2n) is 5.33. The maximum atomic E-state index is 11.4. The lowest BCUT2D eigenvalue weighted by Gasteiger charge is -2.05. The molecule has 1 aromatic heterocycles. The van der Waals surface area contributed by atoms with E-state index in [4.69, 9.17) is 9.47 Å². The third kappa shape index (κ3) is 3.80. The summed E-state index contributed by atoms with van der Waals surface area (Å²) in [4.78, 5) is 17.0. The molecule has 0 saturated heterocycles. The van der Waals surface area contributed by atoms with E-state index in [0.29, 0.717) is 5.13 Å². The number of amides is 1. The van der Waals surface area contributed by atoms with Crippen LogP contribution >= 0.6 is 11.3 Å². The Morgan fingerprint density at radius 3 is 1.92 bits per heavy atom. The van der Waals surface area contributed by atoms with Crippen LogP contribution in [0.25, 0.3) is 21.7 Å². The fourth-order valence-corrected chi connectivity index (χ4v) is 3.45. The van der Waals surface area contributed by atoms with Crippen LogP contribution in [0.3, 0.4) is 0 Å². The molecule has 0 radical (unpaired) electrons. The molecule has 3 aromatic rings. The number of hydrogen-bond donors (Lipinski definition) is 1. The fourth-order valence-electron chi connectivity index (χ4n) is 2.41. The number of carbonyl (C=O) groups is 1. The standard InChI is InChI=1S/C19H18N2O3S/c1-12(22)20-19-21-17(13-4-8-15(23-2)9-5-13)18(25-19)14-6-10-16(24-3)11-7-14/h4-11H,1-3H3,(H,20,21,22). The van der Waals surface area contributed by atoms with E-state index in [9.17, 15) is 4.79 Å². The molecule has 0 fully saturated rings. The predicted octanol–water partition coefficient (Wildman–Crippen LogP) is 4.45. The number of methoxy groups -OCH3 is 2. The Kier molecular flexibility index (Phi) is 5.00. The summed E-state index contributed by atoms with van der Waals surface area (Å²) >= 11 is 1.44. The van der Waals surface area contributed by atoms with Crippen molar-refractivity contribution in [2.45, 2.75) is 6.92 Å². The number of anilines is 1. The smallest absolute Gasteiger partial charge is 0.223 e.